The van der Waals surface area contributed by atoms with Crippen LogP contribution in [0.4, 0.5) is 0 Å². The van der Waals surface area contributed by atoms with Crippen LogP contribution >= 0.6 is 0 Å². The predicted octanol–water partition coefficient (Wildman–Crippen LogP) is 1.55. The van der Waals surface area contributed by atoms with E-state index >= 15 is 0 Å². The second kappa shape index (κ2) is 5.83. The number of hydrogen-bond acceptors (Lipinski definition) is 3. The van der Waals surface area contributed by atoms with Crippen LogP contribution in [0.15, 0.2) is 47.4 Å². The lowest BCUT2D eigenvalue weighted by Crippen LogP contribution is -2.37. The summed E-state index contributed by atoms with van der Waals surface area (Å²) in [6.07, 6.45) is 0. The first-order valence-corrected chi connectivity index (χ1v) is 7.91. The Morgan fingerprint density at radius 2 is 1.62 bits per heavy atom. The van der Waals surface area contributed by atoms with Crippen LogP contribution in [0.3, 0.4) is 0 Å². The molecule has 0 N–H and O–H groups in total. The zero-order valence-corrected chi connectivity index (χ0v) is 13.1. The van der Waals surface area contributed by atoms with Gasteiger partial charge in [-0.2, -0.15) is 4.31 Å². The van der Waals surface area contributed by atoms with E-state index in [1.807, 2.05) is 24.3 Å². The molecule has 0 aliphatic heterocycles. The molecule has 2 rings (SSSR count). The number of rotatable bonds is 4. The average Bonchev–Trinajstić information content (AvgIpc) is 2.46. The first-order valence-electron chi connectivity index (χ1n) is 6.47. The van der Waals surface area contributed by atoms with Crippen molar-refractivity contribution >= 4 is 26.7 Å². The summed E-state index contributed by atoms with van der Waals surface area (Å²) < 4.78 is 26.0. The van der Waals surface area contributed by atoms with Crippen LogP contribution in [-0.2, 0) is 14.8 Å². The zero-order chi connectivity index (χ0) is 15.6. The SMILES string of the molecule is CN(C)C(=O)CN(C)S(=O)(=O)c1ccc2ccccc2c1. The number of nitrogens with zero attached hydrogens (tertiary/aromatic N) is 2. The van der Waals surface area contributed by atoms with Gasteiger partial charge in [0.15, 0.2) is 0 Å². The molecular formula is C15H18N2O3S. The summed E-state index contributed by atoms with van der Waals surface area (Å²) in [6, 6.07) is 12.5. The minimum absolute atomic E-state index is 0.178. The van der Waals surface area contributed by atoms with E-state index in [1.165, 1.54) is 11.9 Å². The van der Waals surface area contributed by atoms with Gasteiger partial charge in [0.2, 0.25) is 15.9 Å². The highest BCUT2D eigenvalue weighted by molar-refractivity contribution is 7.89. The average molecular weight is 306 g/mol. The van der Waals surface area contributed by atoms with Crippen LogP contribution < -0.4 is 0 Å². The molecule has 0 saturated carbocycles. The fourth-order valence-corrected chi connectivity index (χ4v) is 3.08. The van der Waals surface area contributed by atoms with Crippen molar-refractivity contribution in [2.24, 2.45) is 0 Å². The first-order chi connectivity index (χ1) is 9.82. The van der Waals surface area contributed by atoms with Crippen LogP contribution in [0.5, 0.6) is 0 Å². The maximum Gasteiger partial charge on any atom is 0.243 e. The van der Waals surface area contributed by atoms with Gasteiger partial charge in [0.05, 0.1) is 11.4 Å². The van der Waals surface area contributed by atoms with Crippen molar-refractivity contribution in [3.8, 4) is 0 Å². The first kappa shape index (κ1) is 15.5. The molecule has 0 radical (unpaired) electrons. The van der Waals surface area contributed by atoms with E-state index in [1.54, 1.807) is 32.3 Å². The molecule has 2 aromatic carbocycles. The molecule has 0 spiro atoms. The van der Waals surface area contributed by atoms with Crippen LogP contribution in [0.25, 0.3) is 10.8 Å². The van der Waals surface area contributed by atoms with Crippen LogP contribution in [-0.4, -0.2) is 51.2 Å². The van der Waals surface area contributed by atoms with E-state index in [2.05, 4.69) is 0 Å². The maximum absolute atomic E-state index is 12.5. The van der Waals surface area contributed by atoms with E-state index in [0.29, 0.717) is 0 Å². The maximum atomic E-state index is 12.5. The van der Waals surface area contributed by atoms with Gasteiger partial charge in [0.1, 0.15) is 0 Å². The Morgan fingerprint density at radius 1 is 1.00 bits per heavy atom. The van der Waals surface area contributed by atoms with Crippen molar-refractivity contribution in [1.82, 2.24) is 9.21 Å². The highest BCUT2D eigenvalue weighted by atomic mass is 32.2. The van der Waals surface area contributed by atoms with Gasteiger partial charge >= 0.3 is 0 Å². The van der Waals surface area contributed by atoms with E-state index in [-0.39, 0.29) is 17.3 Å². The van der Waals surface area contributed by atoms with Crippen molar-refractivity contribution in [2.45, 2.75) is 4.90 Å². The van der Waals surface area contributed by atoms with Crippen molar-refractivity contribution in [1.29, 1.82) is 0 Å². The molecular weight excluding hydrogens is 288 g/mol. The monoisotopic (exact) mass is 306 g/mol. The van der Waals surface area contributed by atoms with E-state index in [4.69, 9.17) is 0 Å². The third-order valence-corrected chi connectivity index (χ3v) is 5.09. The normalized spacial score (nSPS) is 11.8. The smallest absolute Gasteiger partial charge is 0.243 e. The standard InChI is InChI=1S/C15H18N2O3S/c1-16(2)15(18)11-17(3)21(19,20)14-9-8-12-6-4-5-7-13(12)10-14/h4-10H,11H2,1-3H3. The van der Waals surface area contributed by atoms with Crippen molar-refractivity contribution in [3.63, 3.8) is 0 Å². The van der Waals surface area contributed by atoms with E-state index < -0.39 is 10.0 Å². The van der Waals surface area contributed by atoms with Crippen LogP contribution in [0, 0.1) is 0 Å². The summed E-state index contributed by atoms with van der Waals surface area (Å²) in [7, 11) is 0.928. The molecule has 0 atom stereocenters. The van der Waals surface area contributed by atoms with Gasteiger partial charge < -0.3 is 4.90 Å². The predicted molar refractivity (Wildman–Crippen MR) is 82.5 cm³/mol. The molecule has 0 bridgehead atoms. The Kier molecular flexibility index (Phi) is 4.29. The summed E-state index contributed by atoms with van der Waals surface area (Å²) in [5.41, 5.74) is 0. The Hall–Kier alpha value is -1.92. The highest BCUT2D eigenvalue weighted by Crippen LogP contribution is 2.21. The number of carbonyl (C=O) groups is 1. The van der Waals surface area contributed by atoms with Crippen LogP contribution in [0.2, 0.25) is 0 Å². The minimum atomic E-state index is -3.67. The lowest BCUT2D eigenvalue weighted by atomic mass is 10.1. The number of hydrogen-bond donors (Lipinski definition) is 0. The molecule has 0 aliphatic carbocycles. The van der Waals surface area contributed by atoms with Gasteiger partial charge in [-0.15, -0.1) is 0 Å². The van der Waals surface area contributed by atoms with Crippen molar-refractivity contribution < 1.29 is 13.2 Å². The lowest BCUT2D eigenvalue weighted by molar-refractivity contribution is -0.128. The molecule has 0 aliphatic rings. The molecule has 2 aromatic rings. The van der Waals surface area contributed by atoms with Crippen molar-refractivity contribution in [2.75, 3.05) is 27.7 Å². The lowest BCUT2D eigenvalue weighted by Gasteiger charge is -2.19. The van der Waals surface area contributed by atoms with E-state index in [0.717, 1.165) is 15.1 Å². The summed E-state index contributed by atoms with van der Waals surface area (Å²) in [6.45, 7) is -0.178. The topological polar surface area (TPSA) is 57.7 Å². The van der Waals surface area contributed by atoms with Gasteiger partial charge in [0, 0.05) is 21.1 Å². The summed E-state index contributed by atoms with van der Waals surface area (Å²) in [5.74, 6) is -0.262. The van der Waals surface area contributed by atoms with Crippen molar-refractivity contribution in [3.05, 3.63) is 42.5 Å². The summed E-state index contributed by atoms with van der Waals surface area (Å²) in [4.78, 5) is 13.2. The second-order valence-corrected chi connectivity index (χ2v) is 7.10. The molecule has 5 nitrogen and oxygen atoms in total. The van der Waals surface area contributed by atoms with E-state index in [9.17, 15) is 13.2 Å². The van der Waals surface area contributed by atoms with Gasteiger partial charge in [-0.3, -0.25) is 4.79 Å². The Bertz CT molecular complexity index is 769. The number of amides is 1. The summed E-state index contributed by atoms with van der Waals surface area (Å²) >= 11 is 0. The molecule has 0 aromatic heterocycles. The Labute approximate surface area is 124 Å². The summed E-state index contributed by atoms with van der Waals surface area (Å²) in [5, 5.41) is 1.83. The number of benzene rings is 2. The third-order valence-electron chi connectivity index (χ3n) is 3.29. The Morgan fingerprint density at radius 3 is 2.24 bits per heavy atom. The van der Waals surface area contributed by atoms with Crippen LogP contribution in [0.1, 0.15) is 0 Å². The zero-order valence-electron chi connectivity index (χ0n) is 12.3. The Balaban J connectivity index is 2.34. The molecule has 0 heterocycles. The highest BCUT2D eigenvalue weighted by Gasteiger charge is 2.23. The number of carbonyl (C=O) groups excluding carboxylic acids is 1. The minimum Gasteiger partial charge on any atom is -0.348 e. The fraction of sp³-hybridized carbons (Fsp3) is 0.267. The number of sulfonamides is 1. The molecule has 0 fully saturated rings. The van der Waals surface area contributed by atoms with Gasteiger partial charge in [-0.25, -0.2) is 8.42 Å². The van der Waals surface area contributed by atoms with Gasteiger partial charge in [0.25, 0.3) is 0 Å². The number of likely N-dealkylation sites (N-methyl/N-ethyl adjacent to an activating group) is 2. The number of fused-ring (bicyclic) bond motifs is 1. The van der Waals surface area contributed by atoms with Gasteiger partial charge in [-0.1, -0.05) is 30.3 Å². The largest absolute Gasteiger partial charge is 0.348 e. The molecule has 0 unspecified atom stereocenters. The fourth-order valence-electron chi connectivity index (χ4n) is 1.92. The van der Waals surface area contributed by atoms with Gasteiger partial charge in [-0.05, 0) is 22.9 Å². The second-order valence-electron chi connectivity index (χ2n) is 5.06. The molecule has 6 heteroatoms. The molecule has 0 saturated heterocycles. The molecule has 112 valence electrons. The third kappa shape index (κ3) is 3.22. The quantitative estimate of drug-likeness (QED) is 0.861. The molecule has 21 heavy (non-hydrogen) atoms. The molecule has 1 amide bonds.